The number of unbranched alkanes of at least 4 members (excludes halogenated alkanes) is 20. The summed E-state index contributed by atoms with van der Waals surface area (Å²) in [5, 5.41) is 0. The highest BCUT2D eigenvalue weighted by Crippen LogP contribution is 2.14. The van der Waals surface area contributed by atoms with Crippen molar-refractivity contribution in [1.29, 1.82) is 0 Å². The van der Waals surface area contributed by atoms with Crippen LogP contribution in [0.4, 0.5) is 0 Å². The Labute approximate surface area is 455 Å². The van der Waals surface area contributed by atoms with Crippen LogP contribution in [0.15, 0.2) is 134 Å². The molecule has 0 fully saturated rings. The second kappa shape index (κ2) is 61.1. The van der Waals surface area contributed by atoms with Crippen LogP contribution in [0.1, 0.15) is 258 Å². The average molecular weight is 1020 g/mol. The van der Waals surface area contributed by atoms with Crippen molar-refractivity contribution in [3.05, 3.63) is 134 Å². The van der Waals surface area contributed by atoms with Crippen LogP contribution in [-0.2, 0) is 28.6 Å². The fourth-order valence-electron chi connectivity index (χ4n) is 7.84. The van der Waals surface area contributed by atoms with Crippen molar-refractivity contribution < 1.29 is 28.6 Å². The SMILES string of the molecule is CC/C=C\C/C=C\C/C=C\C/C=C\C/C=C\C/C=C\C/C=C\C/C=C\CCCCCCCCC(=O)OCC(COC(=O)CCCCCCC/C=C\CCC)OC(=O)CCCCCCC/C=C\C/C=C\CCCCC. The highest BCUT2D eigenvalue weighted by molar-refractivity contribution is 5.71. The summed E-state index contributed by atoms with van der Waals surface area (Å²) in [6.45, 7) is 6.40. The van der Waals surface area contributed by atoms with E-state index in [0.29, 0.717) is 19.3 Å². The molecule has 0 saturated carbocycles. The first-order chi connectivity index (χ1) is 36.5. The maximum Gasteiger partial charge on any atom is 0.306 e. The van der Waals surface area contributed by atoms with Crippen molar-refractivity contribution in [3.8, 4) is 0 Å². The summed E-state index contributed by atoms with van der Waals surface area (Å²) in [7, 11) is 0. The molecule has 0 heterocycles. The summed E-state index contributed by atoms with van der Waals surface area (Å²) in [6.07, 6.45) is 86.0. The van der Waals surface area contributed by atoms with Crippen LogP contribution in [-0.4, -0.2) is 37.2 Å². The Morgan fingerprint density at radius 1 is 0.284 bits per heavy atom. The quantitative estimate of drug-likeness (QED) is 0.0261. The van der Waals surface area contributed by atoms with Crippen molar-refractivity contribution in [3.63, 3.8) is 0 Å². The molecular formula is C68H110O6. The van der Waals surface area contributed by atoms with Gasteiger partial charge in [-0.05, 0) is 135 Å². The van der Waals surface area contributed by atoms with Crippen LogP contribution in [0.25, 0.3) is 0 Å². The molecule has 1 atom stereocenters. The van der Waals surface area contributed by atoms with E-state index in [4.69, 9.17) is 14.2 Å². The molecule has 0 rings (SSSR count). The number of carbonyl (C=O) groups excluding carboxylic acids is 3. The van der Waals surface area contributed by atoms with Gasteiger partial charge in [-0.3, -0.25) is 14.4 Å². The minimum absolute atomic E-state index is 0.0962. The predicted octanol–water partition coefficient (Wildman–Crippen LogP) is 20.6. The minimum Gasteiger partial charge on any atom is -0.462 e. The van der Waals surface area contributed by atoms with Gasteiger partial charge in [-0.25, -0.2) is 0 Å². The molecule has 0 saturated heterocycles. The molecule has 6 heteroatoms. The monoisotopic (exact) mass is 1020 g/mol. The van der Waals surface area contributed by atoms with Gasteiger partial charge in [-0.15, -0.1) is 0 Å². The first-order valence-electron chi connectivity index (χ1n) is 30.2. The van der Waals surface area contributed by atoms with Crippen molar-refractivity contribution in [2.45, 2.75) is 264 Å². The van der Waals surface area contributed by atoms with E-state index >= 15 is 0 Å². The predicted molar refractivity (Wildman–Crippen MR) is 320 cm³/mol. The van der Waals surface area contributed by atoms with Crippen molar-refractivity contribution in [2.24, 2.45) is 0 Å². The molecule has 0 N–H and O–H groups in total. The third-order valence-electron chi connectivity index (χ3n) is 12.3. The van der Waals surface area contributed by atoms with Crippen LogP contribution in [0.3, 0.4) is 0 Å². The van der Waals surface area contributed by atoms with Crippen molar-refractivity contribution >= 4 is 17.9 Å². The highest BCUT2D eigenvalue weighted by Gasteiger charge is 2.19. The van der Waals surface area contributed by atoms with Crippen molar-refractivity contribution in [2.75, 3.05) is 13.2 Å². The van der Waals surface area contributed by atoms with Crippen LogP contribution in [0.5, 0.6) is 0 Å². The van der Waals surface area contributed by atoms with Crippen LogP contribution < -0.4 is 0 Å². The molecule has 0 aliphatic heterocycles. The van der Waals surface area contributed by atoms with Gasteiger partial charge in [0, 0.05) is 19.3 Å². The third kappa shape index (κ3) is 58.4. The zero-order valence-corrected chi connectivity index (χ0v) is 47.8. The normalized spacial score (nSPS) is 13.1. The summed E-state index contributed by atoms with van der Waals surface area (Å²) in [5.74, 6) is -0.939. The second-order valence-corrected chi connectivity index (χ2v) is 19.5. The summed E-state index contributed by atoms with van der Waals surface area (Å²) in [4.78, 5) is 38.1. The van der Waals surface area contributed by atoms with Gasteiger partial charge in [-0.2, -0.15) is 0 Å². The molecule has 74 heavy (non-hydrogen) atoms. The fraction of sp³-hybridized carbons (Fsp3) is 0.632. The van der Waals surface area contributed by atoms with Crippen LogP contribution >= 0.6 is 0 Å². The van der Waals surface area contributed by atoms with Gasteiger partial charge in [0.25, 0.3) is 0 Å². The number of hydrogen-bond donors (Lipinski definition) is 0. The topological polar surface area (TPSA) is 78.9 Å². The zero-order valence-electron chi connectivity index (χ0n) is 47.8. The van der Waals surface area contributed by atoms with Gasteiger partial charge in [0.1, 0.15) is 13.2 Å². The minimum atomic E-state index is -0.799. The Bertz CT molecular complexity index is 1600. The molecule has 0 radical (unpaired) electrons. The Hall–Kier alpha value is -4.45. The van der Waals surface area contributed by atoms with Crippen molar-refractivity contribution in [1.82, 2.24) is 0 Å². The van der Waals surface area contributed by atoms with E-state index in [9.17, 15) is 14.4 Å². The zero-order chi connectivity index (χ0) is 53.6. The highest BCUT2D eigenvalue weighted by atomic mass is 16.6. The molecule has 0 aromatic heterocycles. The molecule has 0 aromatic carbocycles. The number of hydrogen-bond acceptors (Lipinski definition) is 6. The summed E-state index contributed by atoms with van der Waals surface area (Å²) in [6, 6.07) is 0. The first kappa shape index (κ1) is 69.5. The lowest BCUT2D eigenvalue weighted by Gasteiger charge is -2.18. The molecule has 418 valence electrons. The molecule has 0 aliphatic rings. The number of ether oxygens (including phenoxy) is 3. The summed E-state index contributed by atoms with van der Waals surface area (Å²) >= 11 is 0. The van der Waals surface area contributed by atoms with E-state index in [0.717, 1.165) is 167 Å². The van der Waals surface area contributed by atoms with Crippen LogP contribution in [0, 0.1) is 0 Å². The van der Waals surface area contributed by atoms with Gasteiger partial charge in [0.15, 0.2) is 6.10 Å². The molecule has 1 unspecified atom stereocenters. The standard InChI is InChI=1S/C68H110O6/c1-4-7-10-13-16-19-22-24-26-27-28-29-30-31-32-33-34-35-36-37-38-39-40-41-43-44-46-49-52-55-58-61-67(70)73-64-65(63-72-66(69)60-57-54-51-48-21-18-15-12-9-6-3)74-68(71)62-59-56-53-50-47-45-42-25-23-20-17-14-11-8-5-2/h7,10,12,15-17,19-20,24-26,28-29,31-32,34-35,37-38,40-42,65H,4-6,8-9,11,13-14,18,21-23,27,30,33,36,39,43-64H2,1-3H3/b10-7-,15-12-,19-16-,20-17-,26-24-,29-28-,32-31-,35-34-,38-37-,41-40-,42-25-. The van der Waals surface area contributed by atoms with Gasteiger partial charge in [0.05, 0.1) is 0 Å². The largest absolute Gasteiger partial charge is 0.462 e. The maximum absolute atomic E-state index is 12.8. The van der Waals surface area contributed by atoms with Crippen LogP contribution in [0.2, 0.25) is 0 Å². The lowest BCUT2D eigenvalue weighted by atomic mass is 10.1. The van der Waals surface area contributed by atoms with E-state index < -0.39 is 6.10 Å². The summed E-state index contributed by atoms with van der Waals surface area (Å²) < 4.78 is 16.8. The lowest BCUT2D eigenvalue weighted by Crippen LogP contribution is -2.30. The smallest absolute Gasteiger partial charge is 0.306 e. The average Bonchev–Trinajstić information content (AvgIpc) is 3.40. The molecule has 6 nitrogen and oxygen atoms in total. The van der Waals surface area contributed by atoms with Gasteiger partial charge in [0.2, 0.25) is 0 Å². The molecule has 0 bridgehead atoms. The number of allylic oxidation sites excluding steroid dienone is 22. The molecule has 0 spiro atoms. The number of esters is 3. The van der Waals surface area contributed by atoms with Gasteiger partial charge < -0.3 is 14.2 Å². The third-order valence-corrected chi connectivity index (χ3v) is 12.3. The Kier molecular flexibility index (Phi) is 57.4. The van der Waals surface area contributed by atoms with E-state index in [1.54, 1.807) is 0 Å². The van der Waals surface area contributed by atoms with E-state index in [1.807, 2.05) is 0 Å². The Morgan fingerprint density at radius 3 is 0.892 bits per heavy atom. The second-order valence-electron chi connectivity index (χ2n) is 19.5. The molecular weight excluding hydrogens is 913 g/mol. The fourth-order valence-corrected chi connectivity index (χ4v) is 7.84. The van der Waals surface area contributed by atoms with E-state index in [-0.39, 0.29) is 31.1 Å². The summed E-state index contributed by atoms with van der Waals surface area (Å²) in [5.41, 5.74) is 0. The lowest BCUT2D eigenvalue weighted by molar-refractivity contribution is -0.167. The van der Waals surface area contributed by atoms with Gasteiger partial charge in [-0.1, -0.05) is 238 Å². The van der Waals surface area contributed by atoms with Gasteiger partial charge >= 0.3 is 17.9 Å². The number of carbonyl (C=O) groups is 3. The van der Waals surface area contributed by atoms with E-state index in [1.165, 1.54) is 51.4 Å². The maximum atomic E-state index is 12.8. The molecule has 0 aromatic rings. The van der Waals surface area contributed by atoms with E-state index in [2.05, 4.69) is 154 Å². The number of rotatable bonds is 53. The Balaban J connectivity index is 4.29. The Morgan fingerprint density at radius 2 is 0.554 bits per heavy atom. The molecule has 0 aliphatic carbocycles. The first-order valence-corrected chi connectivity index (χ1v) is 30.2. The molecule has 0 amide bonds.